The SMILES string of the molecule is C[C@@H]1CNC[C@H](C)N1CC1CCCCC1. The molecule has 2 nitrogen and oxygen atoms in total. The molecule has 2 heteroatoms. The second-order valence-corrected chi connectivity index (χ2v) is 5.56. The van der Waals surface area contributed by atoms with Crippen LogP contribution in [0.5, 0.6) is 0 Å². The number of hydrogen-bond donors (Lipinski definition) is 1. The highest BCUT2D eigenvalue weighted by atomic mass is 15.2. The molecule has 2 fully saturated rings. The molecule has 0 aromatic rings. The van der Waals surface area contributed by atoms with Gasteiger partial charge in [0.1, 0.15) is 0 Å². The number of hydrogen-bond acceptors (Lipinski definition) is 2. The summed E-state index contributed by atoms with van der Waals surface area (Å²) in [4.78, 5) is 2.73. The Morgan fingerprint density at radius 3 is 2.20 bits per heavy atom. The predicted octanol–water partition coefficient (Wildman–Crippen LogP) is 2.25. The lowest BCUT2D eigenvalue weighted by Gasteiger charge is -2.42. The Morgan fingerprint density at radius 2 is 1.60 bits per heavy atom. The maximum atomic E-state index is 3.51. The molecule has 0 radical (unpaired) electrons. The summed E-state index contributed by atoms with van der Waals surface area (Å²) in [5.74, 6) is 0.988. The van der Waals surface area contributed by atoms with E-state index < -0.39 is 0 Å². The van der Waals surface area contributed by atoms with Crippen molar-refractivity contribution in [2.75, 3.05) is 19.6 Å². The molecule has 0 aromatic carbocycles. The van der Waals surface area contributed by atoms with Crippen molar-refractivity contribution in [2.24, 2.45) is 5.92 Å². The Balaban J connectivity index is 1.84. The summed E-state index contributed by atoms with van der Waals surface area (Å²) in [6.45, 7) is 8.44. The van der Waals surface area contributed by atoms with E-state index >= 15 is 0 Å². The first kappa shape index (κ1) is 11.4. The molecule has 1 N–H and O–H groups in total. The number of nitrogens with one attached hydrogen (secondary N) is 1. The number of piperazine rings is 1. The van der Waals surface area contributed by atoms with Gasteiger partial charge in [0, 0.05) is 31.7 Å². The van der Waals surface area contributed by atoms with Gasteiger partial charge in [-0.25, -0.2) is 0 Å². The van der Waals surface area contributed by atoms with Crippen LogP contribution < -0.4 is 5.32 Å². The molecule has 0 spiro atoms. The van der Waals surface area contributed by atoms with Gasteiger partial charge in [-0.05, 0) is 32.6 Å². The van der Waals surface area contributed by atoms with Gasteiger partial charge in [0.25, 0.3) is 0 Å². The minimum Gasteiger partial charge on any atom is -0.314 e. The molecule has 88 valence electrons. The summed E-state index contributed by atoms with van der Waals surface area (Å²) in [5.41, 5.74) is 0. The van der Waals surface area contributed by atoms with E-state index in [0.717, 1.165) is 18.0 Å². The fraction of sp³-hybridized carbons (Fsp3) is 1.00. The molecule has 1 saturated heterocycles. The van der Waals surface area contributed by atoms with Crippen molar-refractivity contribution in [3.05, 3.63) is 0 Å². The molecule has 0 aromatic heterocycles. The topological polar surface area (TPSA) is 15.3 Å². The molecule has 1 aliphatic heterocycles. The zero-order valence-corrected chi connectivity index (χ0v) is 10.3. The van der Waals surface area contributed by atoms with Crippen LogP contribution in [0.4, 0.5) is 0 Å². The zero-order valence-electron chi connectivity index (χ0n) is 10.3. The second-order valence-electron chi connectivity index (χ2n) is 5.56. The van der Waals surface area contributed by atoms with Crippen molar-refractivity contribution < 1.29 is 0 Å². The van der Waals surface area contributed by atoms with E-state index in [9.17, 15) is 0 Å². The lowest BCUT2D eigenvalue weighted by atomic mass is 9.88. The smallest absolute Gasteiger partial charge is 0.0195 e. The van der Waals surface area contributed by atoms with E-state index in [2.05, 4.69) is 24.1 Å². The summed E-state index contributed by atoms with van der Waals surface area (Å²) in [6, 6.07) is 1.46. The van der Waals surface area contributed by atoms with Crippen LogP contribution in [0.15, 0.2) is 0 Å². The lowest BCUT2D eigenvalue weighted by molar-refractivity contribution is 0.0867. The predicted molar refractivity (Wildman–Crippen MR) is 65.1 cm³/mol. The third-order valence-electron chi connectivity index (χ3n) is 4.21. The standard InChI is InChI=1S/C13H26N2/c1-11-8-14-9-12(2)15(11)10-13-6-4-3-5-7-13/h11-14H,3-10H2,1-2H3/t11-,12+. The minimum atomic E-state index is 0.732. The van der Waals surface area contributed by atoms with Gasteiger partial charge < -0.3 is 5.32 Å². The fourth-order valence-electron chi connectivity index (χ4n) is 3.20. The van der Waals surface area contributed by atoms with E-state index in [1.807, 2.05) is 0 Å². The average Bonchev–Trinajstić information content (AvgIpc) is 2.25. The molecule has 2 atom stereocenters. The fourth-order valence-corrected chi connectivity index (χ4v) is 3.20. The molecule has 1 heterocycles. The largest absolute Gasteiger partial charge is 0.314 e. The Kier molecular flexibility index (Phi) is 4.04. The van der Waals surface area contributed by atoms with Crippen molar-refractivity contribution in [1.29, 1.82) is 0 Å². The van der Waals surface area contributed by atoms with Crippen LogP contribution in [-0.2, 0) is 0 Å². The van der Waals surface area contributed by atoms with Crippen LogP contribution in [0.3, 0.4) is 0 Å². The van der Waals surface area contributed by atoms with Crippen molar-refractivity contribution in [3.8, 4) is 0 Å². The van der Waals surface area contributed by atoms with Gasteiger partial charge in [0.15, 0.2) is 0 Å². The van der Waals surface area contributed by atoms with Crippen molar-refractivity contribution in [1.82, 2.24) is 10.2 Å². The molecule has 2 rings (SSSR count). The van der Waals surface area contributed by atoms with Crippen molar-refractivity contribution >= 4 is 0 Å². The van der Waals surface area contributed by atoms with E-state index in [4.69, 9.17) is 0 Å². The number of rotatable bonds is 2. The molecule has 15 heavy (non-hydrogen) atoms. The van der Waals surface area contributed by atoms with Crippen LogP contribution in [0, 0.1) is 5.92 Å². The third-order valence-corrected chi connectivity index (χ3v) is 4.21. The highest BCUT2D eigenvalue weighted by Gasteiger charge is 2.27. The molecule has 0 unspecified atom stereocenters. The minimum absolute atomic E-state index is 0.732. The molecule has 0 bridgehead atoms. The van der Waals surface area contributed by atoms with Gasteiger partial charge in [0.2, 0.25) is 0 Å². The highest BCUT2D eigenvalue weighted by molar-refractivity contribution is 4.84. The van der Waals surface area contributed by atoms with Gasteiger partial charge in [-0.2, -0.15) is 0 Å². The Bertz CT molecular complexity index is 177. The quantitative estimate of drug-likeness (QED) is 0.752. The van der Waals surface area contributed by atoms with E-state index in [1.54, 1.807) is 0 Å². The van der Waals surface area contributed by atoms with Gasteiger partial charge >= 0.3 is 0 Å². The Morgan fingerprint density at radius 1 is 1.00 bits per heavy atom. The van der Waals surface area contributed by atoms with Gasteiger partial charge in [-0.1, -0.05) is 19.3 Å². The first-order valence-corrected chi connectivity index (χ1v) is 6.74. The normalized spacial score (nSPS) is 35.6. The molecule has 0 amide bonds. The van der Waals surface area contributed by atoms with Crippen LogP contribution in [0.1, 0.15) is 46.0 Å². The maximum Gasteiger partial charge on any atom is 0.0195 e. The molecule has 2 aliphatic rings. The van der Waals surface area contributed by atoms with Crippen molar-refractivity contribution in [3.63, 3.8) is 0 Å². The Labute approximate surface area is 94.4 Å². The average molecular weight is 210 g/mol. The first-order valence-electron chi connectivity index (χ1n) is 6.74. The Hall–Kier alpha value is -0.0800. The third kappa shape index (κ3) is 2.94. The van der Waals surface area contributed by atoms with E-state index in [1.165, 1.54) is 51.7 Å². The summed E-state index contributed by atoms with van der Waals surface area (Å²) >= 11 is 0. The molecule has 1 aliphatic carbocycles. The lowest BCUT2D eigenvalue weighted by Crippen LogP contribution is -2.56. The summed E-state index contributed by atoms with van der Waals surface area (Å²) in [6.07, 6.45) is 7.37. The molecular weight excluding hydrogens is 184 g/mol. The molecule has 1 saturated carbocycles. The van der Waals surface area contributed by atoms with Gasteiger partial charge in [-0.15, -0.1) is 0 Å². The maximum absolute atomic E-state index is 3.51. The van der Waals surface area contributed by atoms with Crippen LogP contribution in [0.2, 0.25) is 0 Å². The summed E-state index contributed by atoms with van der Waals surface area (Å²) < 4.78 is 0. The highest BCUT2D eigenvalue weighted by Crippen LogP contribution is 2.26. The summed E-state index contributed by atoms with van der Waals surface area (Å²) in [5, 5.41) is 3.51. The number of nitrogens with zero attached hydrogens (tertiary/aromatic N) is 1. The second kappa shape index (κ2) is 5.31. The van der Waals surface area contributed by atoms with E-state index in [0.29, 0.717) is 0 Å². The van der Waals surface area contributed by atoms with Crippen LogP contribution >= 0.6 is 0 Å². The first-order chi connectivity index (χ1) is 7.27. The van der Waals surface area contributed by atoms with Crippen LogP contribution in [0.25, 0.3) is 0 Å². The van der Waals surface area contributed by atoms with Gasteiger partial charge in [-0.3, -0.25) is 4.90 Å². The molecular formula is C13H26N2. The van der Waals surface area contributed by atoms with Gasteiger partial charge in [0.05, 0.1) is 0 Å². The monoisotopic (exact) mass is 210 g/mol. The zero-order chi connectivity index (χ0) is 10.7. The van der Waals surface area contributed by atoms with E-state index in [-0.39, 0.29) is 0 Å². The van der Waals surface area contributed by atoms with Crippen molar-refractivity contribution in [2.45, 2.75) is 58.0 Å². The summed E-state index contributed by atoms with van der Waals surface area (Å²) in [7, 11) is 0. The van der Waals surface area contributed by atoms with Crippen LogP contribution in [-0.4, -0.2) is 36.6 Å².